The van der Waals surface area contributed by atoms with Gasteiger partial charge in [-0.05, 0) is 67.8 Å². The van der Waals surface area contributed by atoms with Crippen molar-refractivity contribution in [3.05, 3.63) is 11.6 Å². The van der Waals surface area contributed by atoms with Gasteiger partial charge in [-0.25, -0.2) is 0 Å². The number of aliphatic hydroxyl groups excluding tert-OH is 1. The van der Waals surface area contributed by atoms with Crippen LogP contribution in [0.2, 0.25) is 0 Å². The van der Waals surface area contributed by atoms with E-state index in [1.165, 1.54) is 5.57 Å². The van der Waals surface area contributed by atoms with Crippen LogP contribution in [0.3, 0.4) is 0 Å². The second kappa shape index (κ2) is 4.92. The highest BCUT2D eigenvalue weighted by Gasteiger charge is 2.61. The highest BCUT2D eigenvalue weighted by molar-refractivity contribution is 5.92. The fourth-order valence-electron chi connectivity index (χ4n) is 6.64. The maximum absolute atomic E-state index is 11.8. The summed E-state index contributed by atoms with van der Waals surface area (Å²) < 4.78 is 0. The molecule has 4 aliphatic carbocycles. The second-order valence-electron chi connectivity index (χ2n) is 8.66. The molecule has 4 heteroatoms. The fraction of sp³-hybridized carbons (Fsp3) is 0.789. The summed E-state index contributed by atoms with van der Waals surface area (Å²) in [5, 5.41) is 24.0. The molecule has 0 heterocycles. The predicted molar refractivity (Wildman–Crippen MR) is 87.3 cm³/mol. The monoisotopic (exact) mass is 317 g/mol. The lowest BCUT2D eigenvalue weighted by Gasteiger charge is -2.58. The number of fused-ring (bicyclic) bond motifs is 5. The van der Waals surface area contributed by atoms with Gasteiger partial charge in [0.05, 0.1) is 11.8 Å². The number of hydrogen-bond donors (Lipinski definition) is 2. The standard InChI is InChI=1S/C19H27NO3/c1-18-8-7-12(21)9-11(18)3-4-13-14-5-6-16(20-23)19(14,2)10-15(22)17(13)18/h9,13-15,17,22-23H,3-8,10H2,1-2H3/b20-16-/t13-,14-,15-,17+,18-,19-/m0/s1. The van der Waals surface area contributed by atoms with Gasteiger partial charge in [-0.2, -0.15) is 0 Å². The number of allylic oxidation sites excluding steroid dienone is 1. The first-order valence-corrected chi connectivity index (χ1v) is 9.03. The van der Waals surface area contributed by atoms with Crippen LogP contribution < -0.4 is 0 Å². The first-order chi connectivity index (χ1) is 10.9. The minimum Gasteiger partial charge on any atom is -0.411 e. The van der Waals surface area contributed by atoms with Crippen molar-refractivity contribution in [3.63, 3.8) is 0 Å². The van der Waals surface area contributed by atoms with Crippen LogP contribution in [0.5, 0.6) is 0 Å². The van der Waals surface area contributed by atoms with E-state index in [2.05, 4.69) is 19.0 Å². The zero-order valence-electron chi connectivity index (χ0n) is 14.1. The Balaban J connectivity index is 1.75. The first kappa shape index (κ1) is 15.4. The van der Waals surface area contributed by atoms with E-state index in [1.807, 2.05) is 6.08 Å². The summed E-state index contributed by atoms with van der Waals surface area (Å²) in [5.74, 6) is 1.46. The molecule has 4 rings (SSSR count). The van der Waals surface area contributed by atoms with Gasteiger partial charge in [-0.1, -0.05) is 24.6 Å². The Morgan fingerprint density at radius 2 is 1.96 bits per heavy atom. The minimum absolute atomic E-state index is 0.0311. The molecule has 4 nitrogen and oxygen atoms in total. The number of hydrogen-bond acceptors (Lipinski definition) is 4. The smallest absolute Gasteiger partial charge is 0.155 e. The SMILES string of the molecule is C[C@]12CCC(=O)C=C1CC[C@@H]1[C@@H]2[C@@H](O)C[C@]2(C)/C(=N\O)CC[C@@H]12. The van der Waals surface area contributed by atoms with Crippen LogP contribution in [-0.4, -0.2) is 27.9 Å². The number of oxime groups is 1. The lowest BCUT2D eigenvalue weighted by molar-refractivity contribution is -0.122. The third-order valence-electron chi connectivity index (χ3n) is 7.76. The van der Waals surface area contributed by atoms with E-state index in [-0.39, 0.29) is 28.6 Å². The van der Waals surface area contributed by atoms with Crippen LogP contribution in [0.1, 0.15) is 58.8 Å². The van der Waals surface area contributed by atoms with E-state index in [9.17, 15) is 15.1 Å². The van der Waals surface area contributed by atoms with Crippen LogP contribution in [-0.2, 0) is 4.79 Å². The summed E-state index contributed by atoms with van der Waals surface area (Å²) in [6.07, 6.45) is 7.62. The highest BCUT2D eigenvalue weighted by Crippen LogP contribution is 2.64. The molecule has 3 fully saturated rings. The van der Waals surface area contributed by atoms with Crippen molar-refractivity contribution in [2.75, 3.05) is 0 Å². The molecule has 0 aliphatic heterocycles. The van der Waals surface area contributed by atoms with E-state index >= 15 is 0 Å². The van der Waals surface area contributed by atoms with Crippen molar-refractivity contribution < 1.29 is 15.1 Å². The summed E-state index contributed by atoms with van der Waals surface area (Å²) in [6.45, 7) is 4.45. The lowest BCUT2D eigenvalue weighted by atomic mass is 9.46. The van der Waals surface area contributed by atoms with E-state index in [0.29, 0.717) is 24.7 Å². The van der Waals surface area contributed by atoms with Gasteiger partial charge in [-0.15, -0.1) is 0 Å². The topological polar surface area (TPSA) is 69.9 Å². The molecule has 0 unspecified atom stereocenters. The average molecular weight is 317 g/mol. The zero-order chi connectivity index (χ0) is 16.4. The quantitative estimate of drug-likeness (QED) is 0.532. The number of carbonyl (C=O) groups is 1. The van der Waals surface area contributed by atoms with Gasteiger partial charge in [0.1, 0.15) is 0 Å². The molecule has 0 bridgehead atoms. The molecule has 0 aromatic heterocycles. The van der Waals surface area contributed by atoms with E-state index < -0.39 is 0 Å². The number of aliphatic hydroxyl groups is 1. The number of rotatable bonds is 0. The largest absolute Gasteiger partial charge is 0.411 e. The summed E-state index contributed by atoms with van der Waals surface area (Å²) in [6, 6.07) is 0. The summed E-state index contributed by atoms with van der Waals surface area (Å²) in [7, 11) is 0. The molecule has 0 saturated heterocycles. The predicted octanol–water partition coefficient (Wildman–Crippen LogP) is 3.32. The Bertz CT molecular complexity index is 610. The van der Waals surface area contributed by atoms with Gasteiger partial charge < -0.3 is 10.3 Å². The number of carbonyl (C=O) groups excluding carboxylic acids is 1. The van der Waals surface area contributed by atoms with E-state index in [4.69, 9.17) is 0 Å². The van der Waals surface area contributed by atoms with Crippen LogP contribution in [0.25, 0.3) is 0 Å². The van der Waals surface area contributed by atoms with Gasteiger partial charge in [0.25, 0.3) is 0 Å². The normalized spacial score (nSPS) is 51.0. The molecule has 0 spiro atoms. The molecule has 4 aliphatic rings. The Morgan fingerprint density at radius 3 is 2.70 bits per heavy atom. The number of nitrogens with zero attached hydrogens (tertiary/aromatic N) is 1. The lowest BCUT2D eigenvalue weighted by Crippen LogP contribution is -2.56. The second-order valence-corrected chi connectivity index (χ2v) is 8.66. The third kappa shape index (κ3) is 1.93. The van der Waals surface area contributed by atoms with Crippen LogP contribution >= 0.6 is 0 Å². The molecule has 3 saturated carbocycles. The Hall–Kier alpha value is -1.16. The Kier molecular flexibility index (Phi) is 3.29. The summed E-state index contributed by atoms with van der Waals surface area (Å²) >= 11 is 0. The third-order valence-corrected chi connectivity index (χ3v) is 7.76. The molecule has 2 N–H and O–H groups in total. The van der Waals surface area contributed by atoms with Crippen molar-refractivity contribution in [3.8, 4) is 0 Å². The van der Waals surface area contributed by atoms with Gasteiger partial charge in [0.15, 0.2) is 5.78 Å². The van der Waals surface area contributed by atoms with Gasteiger partial charge in [0, 0.05) is 11.8 Å². The van der Waals surface area contributed by atoms with Crippen LogP contribution in [0.15, 0.2) is 16.8 Å². The maximum Gasteiger partial charge on any atom is 0.155 e. The van der Waals surface area contributed by atoms with Crippen LogP contribution in [0, 0.1) is 28.6 Å². The van der Waals surface area contributed by atoms with Crippen molar-refractivity contribution in [1.29, 1.82) is 0 Å². The average Bonchev–Trinajstić information content (AvgIpc) is 2.83. The van der Waals surface area contributed by atoms with Crippen molar-refractivity contribution in [1.82, 2.24) is 0 Å². The Morgan fingerprint density at radius 1 is 1.17 bits per heavy atom. The van der Waals surface area contributed by atoms with Gasteiger partial charge in [-0.3, -0.25) is 4.79 Å². The summed E-state index contributed by atoms with van der Waals surface area (Å²) in [4.78, 5) is 11.8. The van der Waals surface area contributed by atoms with E-state index in [0.717, 1.165) is 37.8 Å². The summed E-state index contributed by atoms with van der Waals surface area (Å²) in [5.41, 5.74) is 1.96. The molecule has 6 atom stereocenters. The molecular formula is C19H27NO3. The zero-order valence-corrected chi connectivity index (χ0v) is 14.1. The van der Waals surface area contributed by atoms with E-state index in [1.54, 1.807) is 0 Å². The number of ketones is 1. The minimum atomic E-state index is -0.377. The van der Waals surface area contributed by atoms with Gasteiger partial charge in [0.2, 0.25) is 0 Å². The van der Waals surface area contributed by atoms with Gasteiger partial charge >= 0.3 is 0 Å². The fourth-order valence-corrected chi connectivity index (χ4v) is 6.64. The molecule has 126 valence electrons. The molecular weight excluding hydrogens is 290 g/mol. The molecule has 0 amide bonds. The molecule has 0 radical (unpaired) electrons. The molecule has 23 heavy (non-hydrogen) atoms. The molecule has 0 aromatic rings. The van der Waals surface area contributed by atoms with Crippen molar-refractivity contribution >= 4 is 11.5 Å². The van der Waals surface area contributed by atoms with Crippen molar-refractivity contribution in [2.45, 2.75) is 64.9 Å². The Labute approximate surface area is 137 Å². The van der Waals surface area contributed by atoms with Crippen molar-refractivity contribution in [2.24, 2.45) is 33.7 Å². The maximum atomic E-state index is 11.8. The highest BCUT2D eigenvalue weighted by atomic mass is 16.4. The molecule has 0 aromatic carbocycles. The van der Waals surface area contributed by atoms with Crippen LogP contribution in [0.4, 0.5) is 0 Å². The first-order valence-electron chi connectivity index (χ1n) is 9.03.